The molecule has 0 spiro atoms. The zero-order chi connectivity index (χ0) is 9.19. The van der Waals surface area contributed by atoms with Crippen LogP contribution in [0.5, 0.6) is 0 Å². The third kappa shape index (κ3) is 1.99. The number of likely N-dealkylation sites (tertiary alicyclic amines) is 1. The van der Waals surface area contributed by atoms with Crippen molar-refractivity contribution in [3.05, 3.63) is 0 Å². The normalized spacial score (nSPS) is 34.0. The first-order valence-electron chi connectivity index (χ1n) is 4.96. The molecule has 1 fully saturated rings. The van der Waals surface area contributed by atoms with E-state index in [-0.39, 0.29) is 0 Å². The minimum absolute atomic E-state index is 0.291. The third-order valence-electron chi connectivity index (χ3n) is 3.33. The van der Waals surface area contributed by atoms with Gasteiger partial charge in [-0.15, -0.1) is 0 Å². The van der Waals surface area contributed by atoms with Gasteiger partial charge in [0, 0.05) is 12.6 Å². The monoisotopic (exact) mass is 171 g/mol. The lowest BCUT2D eigenvalue weighted by atomic mass is 9.87. The van der Waals surface area contributed by atoms with E-state index in [2.05, 4.69) is 25.7 Å². The Morgan fingerprint density at radius 1 is 1.58 bits per heavy atom. The summed E-state index contributed by atoms with van der Waals surface area (Å²) in [6.07, 6.45) is 2.54. The highest BCUT2D eigenvalue weighted by Gasteiger charge is 2.33. The third-order valence-corrected chi connectivity index (χ3v) is 3.33. The van der Waals surface area contributed by atoms with E-state index in [4.69, 9.17) is 5.11 Å². The fourth-order valence-corrected chi connectivity index (χ4v) is 1.84. The predicted molar refractivity (Wildman–Crippen MR) is 51.1 cm³/mol. The molecule has 72 valence electrons. The van der Waals surface area contributed by atoms with Crippen LogP contribution in [0.25, 0.3) is 0 Å². The van der Waals surface area contributed by atoms with Crippen molar-refractivity contribution in [2.75, 3.05) is 19.7 Å². The van der Waals surface area contributed by atoms with Crippen LogP contribution in [0.1, 0.15) is 33.6 Å². The first-order chi connectivity index (χ1) is 5.61. The molecule has 2 unspecified atom stereocenters. The van der Waals surface area contributed by atoms with E-state index < -0.39 is 0 Å². The maximum atomic E-state index is 9.00. The SMILES string of the molecule is CCC1(C)CCN(C(C)CO)C1. The number of aliphatic hydroxyl groups is 1. The Hall–Kier alpha value is -0.0800. The maximum absolute atomic E-state index is 9.00. The molecule has 0 radical (unpaired) electrons. The van der Waals surface area contributed by atoms with Crippen LogP contribution < -0.4 is 0 Å². The smallest absolute Gasteiger partial charge is 0.0584 e. The number of nitrogens with zero attached hydrogens (tertiary/aromatic N) is 1. The first kappa shape index (κ1) is 10.0. The van der Waals surface area contributed by atoms with Gasteiger partial charge in [0.25, 0.3) is 0 Å². The van der Waals surface area contributed by atoms with Crippen molar-refractivity contribution < 1.29 is 5.11 Å². The van der Waals surface area contributed by atoms with Crippen LogP contribution in [-0.4, -0.2) is 35.7 Å². The van der Waals surface area contributed by atoms with E-state index in [1.807, 2.05) is 0 Å². The fourth-order valence-electron chi connectivity index (χ4n) is 1.84. The van der Waals surface area contributed by atoms with Crippen LogP contribution in [-0.2, 0) is 0 Å². The Labute approximate surface area is 75.6 Å². The zero-order valence-corrected chi connectivity index (χ0v) is 8.51. The summed E-state index contributed by atoms with van der Waals surface area (Å²) in [5.74, 6) is 0. The molecule has 1 N–H and O–H groups in total. The van der Waals surface area contributed by atoms with Crippen molar-refractivity contribution in [3.8, 4) is 0 Å². The van der Waals surface area contributed by atoms with Gasteiger partial charge in [0.1, 0.15) is 0 Å². The molecule has 0 aliphatic carbocycles. The van der Waals surface area contributed by atoms with E-state index in [1.165, 1.54) is 12.8 Å². The first-order valence-corrected chi connectivity index (χ1v) is 4.96. The summed E-state index contributed by atoms with van der Waals surface area (Å²) in [5, 5.41) is 9.00. The molecule has 0 bridgehead atoms. The Balaban J connectivity index is 2.45. The van der Waals surface area contributed by atoms with E-state index in [1.54, 1.807) is 0 Å². The van der Waals surface area contributed by atoms with Gasteiger partial charge >= 0.3 is 0 Å². The standard InChI is InChI=1S/C10H21NO/c1-4-10(3)5-6-11(8-10)9(2)7-12/h9,12H,4-8H2,1-3H3. The Morgan fingerprint density at radius 3 is 2.67 bits per heavy atom. The quantitative estimate of drug-likeness (QED) is 0.695. The molecule has 0 saturated carbocycles. The second-order valence-corrected chi connectivity index (χ2v) is 4.42. The Kier molecular flexibility index (Phi) is 3.13. The van der Waals surface area contributed by atoms with Crippen LogP contribution in [0.3, 0.4) is 0 Å². The molecule has 2 heteroatoms. The summed E-state index contributed by atoms with van der Waals surface area (Å²) in [6, 6.07) is 0.346. The molecule has 0 amide bonds. The average Bonchev–Trinajstić information content (AvgIpc) is 2.48. The second kappa shape index (κ2) is 3.75. The second-order valence-electron chi connectivity index (χ2n) is 4.42. The van der Waals surface area contributed by atoms with E-state index in [0.717, 1.165) is 13.1 Å². The molecule has 0 aromatic rings. The summed E-state index contributed by atoms with van der Waals surface area (Å²) in [7, 11) is 0. The van der Waals surface area contributed by atoms with Crippen LogP contribution in [0.4, 0.5) is 0 Å². The molecule has 0 aromatic carbocycles. The molecule has 1 aliphatic rings. The van der Waals surface area contributed by atoms with Gasteiger partial charge in [0.05, 0.1) is 6.61 Å². The van der Waals surface area contributed by atoms with Crippen LogP contribution in [0.15, 0.2) is 0 Å². The summed E-state index contributed by atoms with van der Waals surface area (Å²) < 4.78 is 0. The van der Waals surface area contributed by atoms with Crippen LogP contribution in [0.2, 0.25) is 0 Å². The minimum Gasteiger partial charge on any atom is -0.395 e. The molecule has 0 aromatic heterocycles. The van der Waals surface area contributed by atoms with Crippen molar-refractivity contribution in [1.82, 2.24) is 4.90 Å². The molecule has 2 atom stereocenters. The molecular weight excluding hydrogens is 150 g/mol. The van der Waals surface area contributed by atoms with Crippen molar-refractivity contribution in [2.45, 2.75) is 39.7 Å². The van der Waals surface area contributed by atoms with Gasteiger partial charge in [-0.2, -0.15) is 0 Å². The Bertz CT molecular complexity index is 149. The number of aliphatic hydroxyl groups excluding tert-OH is 1. The lowest BCUT2D eigenvalue weighted by molar-refractivity contribution is 0.144. The molecule has 1 saturated heterocycles. The van der Waals surface area contributed by atoms with Gasteiger partial charge < -0.3 is 5.11 Å². The van der Waals surface area contributed by atoms with Gasteiger partial charge in [-0.25, -0.2) is 0 Å². The van der Waals surface area contributed by atoms with Gasteiger partial charge in [0.2, 0.25) is 0 Å². The fraction of sp³-hybridized carbons (Fsp3) is 1.00. The van der Waals surface area contributed by atoms with E-state index in [0.29, 0.717) is 18.1 Å². The number of rotatable bonds is 3. The number of hydrogen-bond donors (Lipinski definition) is 1. The lowest BCUT2D eigenvalue weighted by Crippen LogP contribution is -2.35. The lowest BCUT2D eigenvalue weighted by Gasteiger charge is -2.26. The summed E-state index contributed by atoms with van der Waals surface area (Å²) in [5.41, 5.74) is 0.503. The van der Waals surface area contributed by atoms with Crippen LogP contribution in [0, 0.1) is 5.41 Å². The van der Waals surface area contributed by atoms with E-state index >= 15 is 0 Å². The van der Waals surface area contributed by atoms with Crippen molar-refractivity contribution in [2.24, 2.45) is 5.41 Å². The summed E-state index contributed by atoms with van der Waals surface area (Å²) in [4.78, 5) is 2.39. The highest BCUT2D eigenvalue weighted by atomic mass is 16.3. The Morgan fingerprint density at radius 2 is 2.25 bits per heavy atom. The molecule has 1 rings (SSSR count). The maximum Gasteiger partial charge on any atom is 0.0584 e. The van der Waals surface area contributed by atoms with Crippen molar-refractivity contribution >= 4 is 0 Å². The van der Waals surface area contributed by atoms with Gasteiger partial charge in [-0.05, 0) is 31.7 Å². The molecule has 1 aliphatic heterocycles. The van der Waals surface area contributed by atoms with Gasteiger partial charge in [-0.3, -0.25) is 4.90 Å². The highest BCUT2D eigenvalue weighted by molar-refractivity contribution is 4.87. The molecule has 2 nitrogen and oxygen atoms in total. The molecule has 12 heavy (non-hydrogen) atoms. The average molecular weight is 171 g/mol. The summed E-state index contributed by atoms with van der Waals surface area (Å²) in [6.45, 7) is 9.31. The van der Waals surface area contributed by atoms with Gasteiger partial charge in [-0.1, -0.05) is 13.8 Å². The van der Waals surface area contributed by atoms with Crippen LogP contribution >= 0.6 is 0 Å². The summed E-state index contributed by atoms with van der Waals surface area (Å²) >= 11 is 0. The topological polar surface area (TPSA) is 23.5 Å². The van der Waals surface area contributed by atoms with Gasteiger partial charge in [0.15, 0.2) is 0 Å². The largest absolute Gasteiger partial charge is 0.395 e. The van der Waals surface area contributed by atoms with Crippen molar-refractivity contribution in [3.63, 3.8) is 0 Å². The van der Waals surface area contributed by atoms with E-state index in [9.17, 15) is 0 Å². The minimum atomic E-state index is 0.291. The predicted octanol–water partition coefficient (Wildman–Crippen LogP) is 1.49. The number of hydrogen-bond acceptors (Lipinski definition) is 2. The molecule has 1 heterocycles. The zero-order valence-electron chi connectivity index (χ0n) is 8.51. The van der Waals surface area contributed by atoms with Crippen molar-refractivity contribution in [1.29, 1.82) is 0 Å². The highest BCUT2D eigenvalue weighted by Crippen LogP contribution is 2.33. The molecular formula is C10H21NO.